The molecule has 1 atom stereocenters. The highest BCUT2D eigenvalue weighted by Crippen LogP contribution is 2.40. The third kappa shape index (κ3) is 5.40. The fourth-order valence-corrected chi connectivity index (χ4v) is 3.11. The summed E-state index contributed by atoms with van der Waals surface area (Å²) in [6.07, 6.45) is -2.09. The van der Waals surface area contributed by atoms with Crippen molar-refractivity contribution >= 4 is 57.4 Å². The number of carbonyl (C=O) groups is 1. The Bertz CT molecular complexity index is 971. The quantitative estimate of drug-likeness (QED) is 0.402. The van der Waals surface area contributed by atoms with E-state index in [-0.39, 0.29) is 28.8 Å². The van der Waals surface area contributed by atoms with Crippen LogP contribution in [-0.2, 0) is 26.6 Å². The van der Waals surface area contributed by atoms with E-state index in [0.717, 1.165) is 4.68 Å². The molecule has 0 amide bonds. The van der Waals surface area contributed by atoms with Crippen molar-refractivity contribution in [1.82, 2.24) is 15.3 Å². The predicted octanol–water partition coefficient (Wildman–Crippen LogP) is 3.52. The topological polar surface area (TPSA) is 112 Å². The van der Waals surface area contributed by atoms with Crippen LogP contribution in [0.15, 0.2) is 28.2 Å². The minimum absolute atomic E-state index is 0.0148. The summed E-state index contributed by atoms with van der Waals surface area (Å²) in [4.78, 5) is 20.4. The van der Waals surface area contributed by atoms with E-state index < -0.39 is 38.6 Å². The Balaban J connectivity index is 2.59. The van der Waals surface area contributed by atoms with Gasteiger partial charge in [0.15, 0.2) is 0 Å². The molecule has 158 valence electrons. The fraction of sp³-hybridized carbons (Fsp3) is 0.267. The van der Waals surface area contributed by atoms with Gasteiger partial charge in [-0.05, 0) is 12.1 Å². The van der Waals surface area contributed by atoms with Crippen molar-refractivity contribution in [1.29, 1.82) is 0 Å². The van der Waals surface area contributed by atoms with Gasteiger partial charge in [-0.1, -0.05) is 30.1 Å². The van der Waals surface area contributed by atoms with Gasteiger partial charge in [-0.15, -0.1) is 0 Å². The number of nitrogens with zero attached hydrogens (tertiary/aromatic N) is 3. The molecule has 14 heteroatoms. The van der Waals surface area contributed by atoms with E-state index >= 15 is 0 Å². The Morgan fingerprint density at radius 2 is 1.97 bits per heavy atom. The molecule has 2 aromatic rings. The summed E-state index contributed by atoms with van der Waals surface area (Å²) in [5, 5.41) is 3.06. The number of carbonyl (C=O) groups excluding carboxylic acids is 1. The number of hydrogen-bond acceptors (Lipinski definition) is 6. The number of rotatable bonds is 3. The second-order valence-corrected chi connectivity index (χ2v) is 7.57. The SMILES string of the molecule is CCC(=O)ONC(=Nc1c(Cl)cc(C(F)(F)F)cc1Cl)n1ncc(S(C)=O)c1N. The number of hydrogen-bond donors (Lipinski definition) is 2. The molecule has 1 unspecified atom stereocenters. The molecule has 0 fully saturated rings. The van der Waals surface area contributed by atoms with Gasteiger partial charge in [-0.25, -0.2) is 9.79 Å². The monoisotopic (exact) mass is 471 g/mol. The van der Waals surface area contributed by atoms with Gasteiger partial charge in [0, 0.05) is 12.7 Å². The van der Waals surface area contributed by atoms with Gasteiger partial charge < -0.3 is 10.6 Å². The molecule has 29 heavy (non-hydrogen) atoms. The van der Waals surface area contributed by atoms with E-state index in [0.29, 0.717) is 12.1 Å². The molecule has 0 aliphatic heterocycles. The summed E-state index contributed by atoms with van der Waals surface area (Å²) in [5.74, 6) is -1.12. The number of anilines is 1. The molecular weight excluding hydrogens is 458 g/mol. The van der Waals surface area contributed by atoms with Gasteiger partial charge in [-0.2, -0.15) is 28.4 Å². The number of benzene rings is 1. The number of alkyl halides is 3. The summed E-state index contributed by atoms with van der Waals surface area (Å²) in [7, 11) is -1.49. The molecule has 8 nitrogen and oxygen atoms in total. The minimum atomic E-state index is -4.67. The zero-order valence-corrected chi connectivity index (χ0v) is 17.2. The molecule has 0 saturated carbocycles. The Kier molecular flexibility index (Phi) is 7.14. The third-order valence-corrected chi connectivity index (χ3v) is 4.90. The lowest BCUT2D eigenvalue weighted by molar-refractivity contribution is -0.147. The first-order valence-corrected chi connectivity index (χ1v) is 10.0. The number of aliphatic imine (C=N–C) groups is 1. The highest BCUT2D eigenvalue weighted by Gasteiger charge is 2.32. The molecule has 0 spiro atoms. The van der Waals surface area contributed by atoms with Crippen LogP contribution >= 0.6 is 23.2 Å². The molecule has 2 rings (SSSR count). The molecular formula is C15H14Cl2F3N5O3S. The summed E-state index contributed by atoms with van der Waals surface area (Å²) in [5.41, 5.74) is 6.77. The summed E-state index contributed by atoms with van der Waals surface area (Å²) in [6.45, 7) is 1.53. The largest absolute Gasteiger partial charge is 0.416 e. The smallest absolute Gasteiger partial charge is 0.382 e. The first-order valence-electron chi connectivity index (χ1n) is 7.73. The summed E-state index contributed by atoms with van der Waals surface area (Å²) < 4.78 is 51.3. The van der Waals surface area contributed by atoms with Gasteiger partial charge in [0.1, 0.15) is 16.4 Å². The van der Waals surface area contributed by atoms with Crippen LogP contribution in [-0.4, -0.2) is 32.2 Å². The van der Waals surface area contributed by atoms with Crippen LogP contribution in [0, 0.1) is 0 Å². The number of halogens is 5. The van der Waals surface area contributed by atoms with Crippen LogP contribution in [0.5, 0.6) is 0 Å². The summed E-state index contributed by atoms with van der Waals surface area (Å²) >= 11 is 11.8. The third-order valence-electron chi connectivity index (χ3n) is 3.39. The predicted molar refractivity (Wildman–Crippen MR) is 102 cm³/mol. The maximum atomic E-state index is 12.9. The molecule has 1 heterocycles. The van der Waals surface area contributed by atoms with Crippen LogP contribution in [0.25, 0.3) is 0 Å². The highest BCUT2D eigenvalue weighted by atomic mass is 35.5. The normalized spacial score (nSPS) is 13.3. The number of nitrogens with one attached hydrogen (secondary N) is 1. The van der Waals surface area contributed by atoms with Crippen molar-refractivity contribution in [2.75, 3.05) is 12.0 Å². The Morgan fingerprint density at radius 3 is 2.41 bits per heavy atom. The standard InChI is InChI=1S/C15H14Cl2F3N5O3S/c1-3-11(26)28-24-14(25-13(21)10(6-22-25)29(2)27)23-12-8(16)4-7(5-9(12)17)15(18,19)20/h4-6H,3,21H2,1-2H3,(H,23,24). The molecule has 0 bridgehead atoms. The van der Waals surface area contributed by atoms with E-state index in [1.165, 1.54) is 19.4 Å². The van der Waals surface area contributed by atoms with Crippen molar-refractivity contribution < 1.29 is 27.0 Å². The zero-order valence-electron chi connectivity index (χ0n) is 14.9. The number of nitrogen functional groups attached to an aromatic ring is 1. The second kappa shape index (κ2) is 9.01. The van der Waals surface area contributed by atoms with E-state index in [4.69, 9.17) is 33.8 Å². The van der Waals surface area contributed by atoms with Crippen LogP contribution in [0.3, 0.4) is 0 Å². The maximum Gasteiger partial charge on any atom is 0.416 e. The second-order valence-electron chi connectivity index (χ2n) is 5.41. The summed E-state index contributed by atoms with van der Waals surface area (Å²) in [6, 6.07) is 1.28. The average Bonchev–Trinajstić information content (AvgIpc) is 3.01. The van der Waals surface area contributed by atoms with Gasteiger partial charge >= 0.3 is 12.1 Å². The molecule has 0 aliphatic carbocycles. The van der Waals surface area contributed by atoms with Crippen LogP contribution < -0.4 is 11.2 Å². The Morgan fingerprint density at radius 1 is 1.38 bits per heavy atom. The molecule has 3 N–H and O–H groups in total. The van der Waals surface area contributed by atoms with Gasteiger partial charge in [0.25, 0.3) is 5.96 Å². The van der Waals surface area contributed by atoms with E-state index in [1.807, 2.05) is 0 Å². The number of aromatic nitrogens is 2. The molecule has 0 saturated heterocycles. The van der Waals surface area contributed by atoms with E-state index in [1.54, 1.807) is 0 Å². The average molecular weight is 472 g/mol. The van der Waals surface area contributed by atoms with Gasteiger partial charge in [0.2, 0.25) is 0 Å². The lowest BCUT2D eigenvalue weighted by atomic mass is 10.2. The minimum Gasteiger partial charge on any atom is -0.382 e. The van der Waals surface area contributed by atoms with Crippen molar-refractivity contribution in [3.63, 3.8) is 0 Å². The number of hydroxylamine groups is 1. The van der Waals surface area contributed by atoms with Crippen molar-refractivity contribution in [2.24, 2.45) is 4.99 Å². The van der Waals surface area contributed by atoms with Crippen molar-refractivity contribution in [2.45, 2.75) is 24.4 Å². The van der Waals surface area contributed by atoms with Crippen molar-refractivity contribution in [3.8, 4) is 0 Å². The fourth-order valence-electron chi connectivity index (χ4n) is 1.96. The van der Waals surface area contributed by atoms with Crippen molar-refractivity contribution in [3.05, 3.63) is 33.9 Å². The lowest BCUT2D eigenvalue weighted by Crippen LogP contribution is -2.34. The molecule has 1 aromatic carbocycles. The van der Waals surface area contributed by atoms with Gasteiger partial charge in [-0.3, -0.25) is 4.21 Å². The lowest BCUT2D eigenvalue weighted by Gasteiger charge is -2.13. The molecule has 0 radical (unpaired) electrons. The zero-order chi connectivity index (χ0) is 21.9. The van der Waals surface area contributed by atoms with E-state index in [2.05, 4.69) is 15.6 Å². The van der Waals surface area contributed by atoms with Crippen LogP contribution in [0.1, 0.15) is 18.9 Å². The molecule has 0 aliphatic rings. The first kappa shape index (κ1) is 23.0. The number of nitrogens with two attached hydrogens (primary N) is 1. The first-order chi connectivity index (χ1) is 13.5. The maximum absolute atomic E-state index is 12.9. The van der Waals surface area contributed by atoms with E-state index in [9.17, 15) is 22.2 Å². The van der Waals surface area contributed by atoms with Gasteiger partial charge in [0.05, 0.1) is 32.6 Å². The van der Waals surface area contributed by atoms with Crippen LogP contribution in [0.2, 0.25) is 10.0 Å². The molecule has 1 aromatic heterocycles. The Hall–Kier alpha value is -2.31. The Labute approximate surface area is 175 Å². The highest BCUT2D eigenvalue weighted by molar-refractivity contribution is 7.84. The van der Waals surface area contributed by atoms with Crippen LogP contribution in [0.4, 0.5) is 24.7 Å².